The van der Waals surface area contributed by atoms with Crippen molar-refractivity contribution in [3.63, 3.8) is 0 Å². The first-order chi connectivity index (χ1) is 5.54. The van der Waals surface area contributed by atoms with Gasteiger partial charge in [0.05, 0.1) is 6.20 Å². The second-order valence-corrected chi connectivity index (χ2v) is 5.78. The van der Waals surface area contributed by atoms with E-state index in [-0.39, 0.29) is 4.21 Å². The van der Waals surface area contributed by atoms with E-state index in [1.807, 2.05) is 6.92 Å². The molecule has 12 heavy (non-hydrogen) atoms. The molecule has 1 N–H and O–H groups in total. The minimum Gasteiger partial charge on any atom is -0.362 e. The highest BCUT2D eigenvalue weighted by Gasteiger charge is 2.13. The fraction of sp³-hybridized carbons (Fsp3) is 0.400. The summed E-state index contributed by atoms with van der Waals surface area (Å²) in [5, 5.41) is 3.45. The summed E-state index contributed by atoms with van der Waals surface area (Å²) in [7, 11) is 1.47. The Balaban J connectivity index is 2.92. The molecule has 0 fully saturated rings. The Morgan fingerprint density at radius 2 is 2.42 bits per heavy atom. The Bertz CT molecular complexity index is 359. The maximum atomic E-state index is 10.8. The molecule has 0 aliphatic rings. The third kappa shape index (κ3) is 2.33. The summed E-state index contributed by atoms with van der Waals surface area (Å²) in [6.45, 7) is 2.60. The molecule has 0 aliphatic heterocycles. The third-order valence-corrected chi connectivity index (χ3v) is 4.07. The highest BCUT2D eigenvalue weighted by atomic mass is 35.7. The largest absolute Gasteiger partial charge is 0.362 e. The Hall–Kier alpha value is -0.330. The molecule has 0 saturated heterocycles. The average molecular weight is 227 g/mol. The van der Waals surface area contributed by atoms with Gasteiger partial charge in [-0.15, -0.1) is 0 Å². The number of halogens is 1. The van der Waals surface area contributed by atoms with Gasteiger partial charge in [0.2, 0.25) is 0 Å². The van der Waals surface area contributed by atoms with Gasteiger partial charge >= 0.3 is 0 Å². The number of aromatic nitrogens is 1. The molecule has 0 spiro atoms. The van der Waals surface area contributed by atoms with E-state index in [2.05, 4.69) is 10.3 Å². The van der Waals surface area contributed by atoms with Gasteiger partial charge in [0.1, 0.15) is 0 Å². The second kappa shape index (κ2) is 3.59. The van der Waals surface area contributed by atoms with E-state index in [0.717, 1.165) is 11.3 Å². The molecular formula is C5H7ClN2O2S2. The molecule has 1 aromatic rings. The quantitative estimate of drug-likeness (QED) is 0.794. The van der Waals surface area contributed by atoms with Crippen LogP contribution in [0.15, 0.2) is 10.4 Å². The summed E-state index contributed by atoms with van der Waals surface area (Å²) in [5.74, 6) is 0. The van der Waals surface area contributed by atoms with Crippen LogP contribution in [-0.4, -0.2) is 19.9 Å². The second-order valence-electron chi connectivity index (χ2n) is 1.95. The van der Waals surface area contributed by atoms with Gasteiger partial charge in [-0.25, -0.2) is 13.4 Å². The average Bonchev–Trinajstić information content (AvgIpc) is 2.35. The minimum atomic E-state index is -3.61. The standard InChI is InChI=1S/C5H7ClN2O2S2/c1-2-7-5-8-3-4(11-5)12(6,9)10/h3H,2H2,1H3,(H,7,8). The van der Waals surface area contributed by atoms with Crippen LogP contribution in [0.5, 0.6) is 0 Å². The Morgan fingerprint density at radius 1 is 1.75 bits per heavy atom. The van der Waals surface area contributed by atoms with Gasteiger partial charge in [-0.3, -0.25) is 0 Å². The summed E-state index contributed by atoms with van der Waals surface area (Å²) in [5.41, 5.74) is 0. The summed E-state index contributed by atoms with van der Waals surface area (Å²) in [4.78, 5) is 3.82. The molecule has 4 nitrogen and oxygen atoms in total. The van der Waals surface area contributed by atoms with E-state index in [4.69, 9.17) is 10.7 Å². The van der Waals surface area contributed by atoms with Crippen LogP contribution in [0.25, 0.3) is 0 Å². The van der Waals surface area contributed by atoms with Crippen molar-refractivity contribution in [3.05, 3.63) is 6.20 Å². The van der Waals surface area contributed by atoms with E-state index in [0.29, 0.717) is 11.7 Å². The molecule has 0 amide bonds. The van der Waals surface area contributed by atoms with Crippen molar-refractivity contribution < 1.29 is 8.42 Å². The lowest BCUT2D eigenvalue weighted by molar-refractivity contribution is 0.611. The van der Waals surface area contributed by atoms with Crippen LogP contribution in [0.2, 0.25) is 0 Å². The first-order valence-corrected chi connectivity index (χ1v) is 6.31. The zero-order valence-corrected chi connectivity index (χ0v) is 8.63. The van der Waals surface area contributed by atoms with Crippen molar-refractivity contribution in [2.24, 2.45) is 0 Å². The Labute approximate surface area is 79.0 Å². The van der Waals surface area contributed by atoms with Crippen LogP contribution in [0.3, 0.4) is 0 Å². The number of anilines is 1. The fourth-order valence-corrected chi connectivity index (χ4v) is 2.44. The molecule has 0 radical (unpaired) electrons. The molecular weight excluding hydrogens is 220 g/mol. The van der Waals surface area contributed by atoms with E-state index in [1.165, 1.54) is 6.20 Å². The number of hydrogen-bond acceptors (Lipinski definition) is 5. The number of hydrogen-bond donors (Lipinski definition) is 1. The first-order valence-electron chi connectivity index (χ1n) is 3.18. The molecule has 0 aromatic carbocycles. The third-order valence-electron chi connectivity index (χ3n) is 1.05. The normalized spacial score (nSPS) is 11.5. The zero-order valence-electron chi connectivity index (χ0n) is 6.24. The lowest BCUT2D eigenvalue weighted by Crippen LogP contribution is -1.94. The van der Waals surface area contributed by atoms with Crippen molar-refractivity contribution >= 4 is 36.2 Å². The fourth-order valence-electron chi connectivity index (χ4n) is 0.605. The lowest BCUT2D eigenvalue weighted by atomic mass is 10.8. The van der Waals surface area contributed by atoms with Crippen LogP contribution in [0, 0.1) is 0 Å². The molecule has 0 unspecified atom stereocenters. The number of nitrogens with zero attached hydrogens (tertiary/aromatic N) is 1. The van der Waals surface area contributed by atoms with Crippen molar-refractivity contribution in [1.29, 1.82) is 0 Å². The Morgan fingerprint density at radius 3 is 2.83 bits per heavy atom. The molecule has 0 saturated carbocycles. The molecule has 1 rings (SSSR count). The number of rotatable bonds is 3. The molecule has 1 aromatic heterocycles. The van der Waals surface area contributed by atoms with Crippen molar-refractivity contribution in [3.8, 4) is 0 Å². The highest BCUT2D eigenvalue weighted by molar-refractivity contribution is 8.15. The van der Waals surface area contributed by atoms with E-state index >= 15 is 0 Å². The van der Waals surface area contributed by atoms with Gasteiger partial charge in [0.15, 0.2) is 9.34 Å². The summed E-state index contributed by atoms with van der Waals surface area (Å²) < 4.78 is 21.6. The van der Waals surface area contributed by atoms with Crippen molar-refractivity contribution in [2.45, 2.75) is 11.1 Å². The van der Waals surface area contributed by atoms with Crippen molar-refractivity contribution in [1.82, 2.24) is 4.98 Å². The van der Waals surface area contributed by atoms with Crippen LogP contribution in [0.1, 0.15) is 6.92 Å². The predicted molar refractivity (Wildman–Crippen MR) is 49.3 cm³/mol. The van der Waals surface area contributed by atoms with Gasteiger partial charge < -0.3 is 5.32 Å². The molecule has 0 atom stereocenters. The predicted octanol–water partition coefficient (Wildman–Crippen LogP) is 1.50. The topological polar surface area (TPSA) is 59.1 Å². The van der Waals surface area contributed by atoms with E-state index in [9.17, 15) is 8.42 Å². The van der Waals surface area contributed by atoms with E-state index in [1.54, 1.807) is 0 Å². The van der Waals surface area contributed by atoms with E-state index < -0.39 is 9.05 Å². The monoisotopic (exact) mass is 226 g/mol. The maximum absolute atomic E-state index is 10.8. The molecule has 1 heterocycles. The van der Waals surface area contributed by atoms with Crippen LogP contribution < -0.4 is 5.32 Å². The van der Waals surface area contributed by atoms with Gasteiger partial charge in [-0.1, -0.05) is 11.3 Å². The zero-order chi connectivity index (χ0) is 9.19. The van der Waals surface area contributed by atoms with Gasteiger partial charge in [-0.2, -0.15) is 0 Å². The van der Waals surface area contributed by atoms with Gasteiger partial charge in [-0.05, 0) is 6.92 Å². The SMILES string of the molecule is CCNc1ncc(S(=O)(=O)Cl)s1. The smallest absolute Gasteiger partial charge is 0.272 e. The summed E-state index contributed by atoms with van der Waals surface area (Å²) in [6, 6.07) is 0. The van der Waals surface area contributed by atoms with Crippen LogP contribution in [-0.2, 0) is 9.05 Å². The van der Waals surface area contributed by atoms with Crippen LogP contribution >= 0.6 is 22.0 Å². The molecule has 7 heteroatoms. The minimum absolute atomic E-state index is 0.0696. The maximum Gasteiger partial charge on any atom is 0.272 e. The molecule has 68 valence electrons. The first kappa shape index (κ1) is 9.76. The molecule has 0 aliphatic carbocycles. The summed E-state index contributed by atoms with van der Waals surface area (Å²) in [6.07, 6.45) is 1.24. The van der Waals surface area contributed by atoms with Gasteiger partial charge in [0, 0.05) is 17.2 Å². The highest BCUT2D eigenvalue weighted by Crippen LogP contribution is 2.25. The number of thiazole rings is 1. The van der Waals surface area contributed by atoms with Crippen molar-refractivity contribution in [2.75, 3.05) is 11.9 Å². The lowest BCUT2D eigenvalue weighted by Gasteiger charge is -1.92. The van der Waals surface area contributed by atoms with Gasteiger partial charge in [0.25, 0.3) is 9.05 Å². The molecule has 0 bridgehead atoms. The summed E-state index contributed by atoms with van der Waals surface area (Å²) >= 11 is 1.02. The number of nitrogens with one attached hydrogen (secondary N) is 1. The Kier molecular flexibility index (Phi) is 2.92. The van der Waals surface area contributed by atoms with Crippen LogP contribution in [0.4, 0.5) is 5.13 Å².